The van der Waals surface area contributed by atoms with E-state index >= 15 is 0 Å². The first-order chi connectivity index (χ1) is 11.0. The number of nitrogens with one attached hydrogen (secondary N) is 1. The predicted molar refractivity (Wildman–Crippen MR) is 84.5 cm³/mol. The van der Waals surface area contributed by atoms with Crippen molar-refractivity contribution in [1.82, 2.24) is 15.1 Å². The van der Waals surface area contributed by atoms with E-state index in [1.165, 1.54) is 17.0 Å². The highest BCUT2D eigenvalue weighted by Gasteiger charge is 2.44. The summed E-state index contributed by atoms with van der Waals surface area (Å²) in [6, 6.07) is 4.02. The van der Waals surface area contributed by atoms with E-state index in [1.54, 1.807) is 18.0 Å². The molecular formula is C16H19ClFN3O2. The lowest BCUT2D eigenvalue weighted by molar-refractivity contribution is -0.137. The third kappa shape index (κ3) is 3.05. The molecule has 2 aliphatic heterocycles. The smallest absolute Gasteiger partial charge is 0.228 e. The van der Waals surface area contributed by atoms with Gasteiger partial charge in [-0.1, -0.05) is 17.7 Å². The van der Waals surface area contributed by atoms with E-state index in [9.17, 15) is 14.0 Å². The standard InChI is InChI=1S/C16H19ClFN3O2/c1-20-14(22)9-11(16(23)21-6-4-19-5-7-21)15(20)10-2-3-12(17)13(18)8-10/h2-3,8,11,15,19H,4-7,9H2,1H3. The van der Waals surface area contributed by atoms with Crippen LogP contribution in [0.1, 0.15) is 18.0 Å². The number of piperazine rings is 1. The molecule has 2 aliphatic rings. The fourth-order valence-corrected chi connectivity index (χ4v) is 3.48. The van der Waals surface area contributed by atoms with Gasteiger partial charge in [-0.2, -0.15) is 0 Å². The lowest BCUT2D eigenvalue weighted by atomic mass is 9.92. The molecule has 2 saturated heterocycles. The summed E-state index contributed by atoms with van der Waals surface area (Å²) in [5.74, 6) is -1.15. The van der Waals surface area contributed by atoms with Crippen LogP contribution in [0.5, 0.6) is 0 Å². The van der Waals surface area contributed by atoms with Crippen LogP contribution in [0, 0.1) is 11.7 Å². The lowest BCUT2D eigenvalue weighted by Crippen LogP contribution is -2.49. The zero-order valence-electron chi connectivity index (χ0n) is 12.9. The summed E-state index contributed by atoms with van der Waals surface area (Å²) in [6.45, 7) is 2.77. The van der Waals surface area contributed by atoms with Crippen LogP contribution in [0.15, 0.2) is 18.2 Å². The molecule has 0 aromatic heterocycles. The molecule has 2 unspecified atom stereocenters. The van der Waals surface area contributed by atoms with Gasteiger partial charge in [-0.25, -0.2) is 4.39 Å². The maximum absolute atomic E-state index is 13.8. The SMILES string of the molecule is CN1C(=O)CC(C(=O)N2CCNCC2)C1c1ccc(Cl)c(F)c1. The van der Waals surface area contributed by atoms with Gasteiger partial charge in [0.1, 0.15) is 5.82 Å². The van der Waals surface area contributed by atoms with E-state index in [0.29, 0.717) is 18.7 Å². The topological polar surface area (TPSA) is 52.7 Å². The molecule has 1 N–H and O–H groups in total. The number of benzene rings is 1. The fraction of sp³-hybridized carbons (Fsp3) is 0.500. The summed E-state index contributed by atoms with van der Waals surface area (Å²) in [6.07, 6.45) is 0.161. The molecule has 124 valence electrons. The Kier molecular flexibility index (Phi) is 4.55. The van der Waals surface area contributed by atoms with Gasteiger partial charge in [-0.05, 0) is 17.7 Å². The number of likely N-dealkylation sites (tertiary alicyclic amines) is 1. The Morgan fingerprint density at radius 2 is 2.04 bits per heavy atom. The highest BCUT2D eigenvalue weighted by Crippen LogP contribution is 2.39. The van der Waals surface area contributed by atoms with E-state index in [0.717, 1.165) is 13.1 Å². The van der Waals surface area contributed by atoms with E-state index < -0.39 is 17.8 Å². The van der Waals surface area contributed by atoms with Crippen molar-refractivity contribution in [2.45, 2.75) is 12.5 Å². The van der Waals surface area contributed by atoms with Crippen molar-refractivity contribution in [3.8, 4) is 0 Å². The maximum Gasteiger partial charge on any atom is 0.228 e. The molecule has 7 heteroatoms. The summed E-state index contributed by atoms with van der Waals surface area (Å²) >= 11 is 5.74. The first kappa shape index (κ1) is 16.2. The Bertz CT molecular complexity index is 634. The van der Waals surface area contributed by atoms with Crippen molar-refractivity contribution in [3.63, 3.8) is 0 Å². The lowest BCUT2D eigenvalue weighted by Gasteiger charge is -2.32. The number of rotatable bonds is 2. The van der Waals surface area contributed by atoms with Gasteiger partial charge in [-0.3, -0.25) is 9.59 Å². The third-order valence-electron chi connectivity index (χ3n) is 4.62. The van der Waals surface area contributed by atoms with Crippen molar-refractivity contribution in [2.24, 2.45) is 5.92 Å². The summed E-state index contributed by atoms with van der Waals surface area (Å²) < 4.78 is 13.8. The molecule has 1 aromatic rings. The quantitative estimate of drug-likeness (QED) is 0.887. The van der Waals surface area contributed by atoms with E-state index in [4.69, 9.17) is 11.6 Å². The molecule has 2 heterocycles. The first-order valence-electron chi connectivity index (χ1n) is 7.69. The Labute approximate surface area is 139 Å². The van der Waals surface area contributed by atoms with E-state index in [1.807, 2.05) is 0 Å². The van der Waals surface area contributed by atoms with Crippen molar-refractivity contribution in [2.75, 3.05) is 33.2 Å². The summed E-state index contributed by atoms with van der Waals surface area (Å²) in [5, 5.41) is 3.23. The average Bonchev–Trinajstić information content (AvgIpc) is 2.86. The van der Waals surface area contributed by atoms with Gasteiger partial charge >= 0.3 is 0 Å². The van der Waals surface area contributed by atoms with Crippen LogP contribution in [0.4, 0.5) is 4.39 Å². The predicted octanol–water partition coefficient (Wildman–Crippen LogP) is 1.43. The zero-order chi connectivity index (χ0) is 16.6. The molecular weight excluding hydrogens is 321 g/mol. The summed E-state index contributed by atoms with van der Waals surface area (Å²) in [5.41, 5.74) is 0.605. The molecule has 0 radical (unpaired) electrons. The van der Waals surface area contributed by atoms with Gasteiger partial charge in [0.2, 0.25) is 11.8 Å². The minimum atomic E-state index is -0.537. The second-order valence-electron chi connectivity index (χ2n) is 6.01. The van der Waals surface area contributed by atoms with Crippen LogP contribution in [0.3, 0.4) is 0 Å². The number of halogens is 2. The van der Waals surface area contributed by atoms with Crippen molar-refractivity contribution >= 4 is 23.4 Å². The number of amides is 2. The number of carbonyl (C=O) groups excluding carboxylic acids is 2. The van der Waals surface area contributed by atoms with Gasteiger partial charge < -0.3 is 15.1 Å². The van der Waals surface area contributed by atoms with E-state index in [2.05, 4.69) is 5.32 Å². The molecule has 2 amide bonds. The van der Waals surface area contributed by atoms with Crippen LogP contribution in [-0.2, 0) is 9.59 Å². The number of hydrogen-bond donors (Lipinski definition) is 1. The Morgan fingerprint density at radius 1 is 1.35 bits per heavy atom. The molecule has 0 saturated carbocycles. The molecule has 1 aromatic carbocycles. The Morgan fingerprint density at radius 3 is 2.70 bits per heavy atom. The van der Waals surface area contributed by atoms with Gasteiger partial charge in [0.25, 0.3) is 0 Å². The fourth-order valence-electron chi connectivity index (χ4n) is 3.36. The average molecular weight is 340 g/mol. The summed E-state index contributed by atoms with van der Waals surface area (Å²) in [7, 11) is 1.66. The summed E-state index contributed by atoms with van der Waals surface area (Å²) in [4.78, 5) is 28.3. The van der Waals surface area contributed by atoms with Crippen LogP contribution < -0.4 is 5.32 Å². The van der Waals surface area contributed by atoms with Crippen LogP contribution in [0.25, 0.3) is 0 Å². The molecule has 2 fully saturated rings. The second-order valence-corrected chi connectivity index (χ2v) is 6.42. The second kappa shape index (κ2) is 6.45. The molecule has 0 bridgehead atoms. The van der Waals surface area contributed by atoms with E-state index in [-0.39, 0.29) is 23.3 Å². The monoisotopic (exact) mass is 339 g/mol. The van der Waals surface area contributed by atoms with Gasteiger partial charge in [0, 0.05) is 39.6 Å². The Balaban J connectivity index is 1.89. The minimum Gasteiger partial charge on any atom is -0.340 e. The van der Waals surface area contributed by atoms with Crippen molar-refractivity contribution in [3.05, 3.63) is 34.6 Å². The Hall–Kier alpha value is -1.66. The van der Waals surface area contributed by atoms with Crippen molar-refractivity contribution in [1.29, 1.82) is 0 Å². The molecule has 3 rings (SSSR count). The molecule has 23 heavy (non-hydrogen) atoms. The normalized spacial score (nSPS) is 25.1. The maximum atomic E-state index is 13.8. The third-order valence-corrected chi connectivity index (χ3v) is 4.92. The van der Waals surface area contributed by atoms with Gasteiger partial charge in [0.05, 0.1) is 17.0 Å². The minimum absolute atomic E-state index is 0.0331. The van der Waals surface area contributed by atoms with Crippen LogP contribution in [-0.4, -0.2) is 54.8 Å². The van der Waals surface area contributed by atoms with Crippen LogP contribution >= 0.6 is 11.6 Å². The van der Waals surface area contributed by atoms with Gasteiger partial charge in [-0.15, -0.1) is 0 Å². The molecule has 0 aliphatic carbocycles. The largest absolute Gasteiger partial charge is 0.340 e. The van der Waals surface area contributed by atoms with Gasteiger partial charge in [0.15, 0.2) is 0 Å². The van der Waals surface area contributed by atoms with Crippen molar-refractivity contribution < 1.29 is 14.0 Å². The molecule has 0 spiro atoms. The number of carbonyl (C=O) groups is 2. The zero-order valence-corrected chi connectivity index (χ0v) is 13.6. The van der Waals surface area contributed by atoms with Crippen LogP contribution in [0.2, 0.25) is 5.02 Å². The highest BCUT2D eigenvalue weighted by molar-refractivity contribution is 6.30. The number of hydrogen-bond acceptors (Lipinski definition) is 3. The highest BCUT2D eigenvalue weighted by atomic mass is 35.5. The number of nitrogens with zero attached hydrogens (tertiary/aromatic N) is 2. The molecule has 2 atom stereocenters. The first-order valence-corrected chi connectivity index (χ1v) is 8.07. The molecule has 5 nitrogen and oxygen atoms in total.